The van der Waals surface area contributed by atoms with Gasteiger partial charge < -0.3 is 13.9 Å². The van der Waals surface area contributed by atoms with E-state index in [0.717, 1.165) is 17.0 Å². The molecule has 0 aliphatic rings. The van der Waals surface area contributed by atoms with Crippen LogP contribution in [0.2, 0.25) is 0 Å². The third-order valence-electron chi connectivity index (χ3n) is 4.16. The second-order valence-corrected chi connectivity index (χ2v) is 6.34. The minimum Gasteiger partial charge on any atom is -0.493 e. The molecule has 0 aliphatic carbocycles. The maximum absolute atomic E-state index is 12.1. The lowest BCUT2D eigenvalue weighted by Gasteiger charge is -2.09. The van der Waals surface area contributed by atoms with Crippen LogP contribution < -0.4 is 9.47 Å². The number of esters is 1. The van der Waals surface area contributed by atoms with Crippen LogP contribution in [0.1, 0.15) is 27.5 Å². The number of methoxy groups -OCH3 is 1. The maximum atomic E-state index is 12.1. The molecule has 0 atom stereocenters. The van der Waals surface area contributed by atoms with Gasteiger partial charge in [0.05, 0.1) is 25.3 Å². The number of furan rings is 1. The van der Waals surface area contributed by atoms with E-state index in [-0.39, 0.29) is 11.5 Å². The number of aromatic nitrogens is 5. The zero-order valence-electron chi connectivity index (χ0n) is 16.5. The summed E-state index contributed by atoms with van der Waals surface area (Å²) in [7, 11) is 1.49. The molecule has 4 rings (SSSR count). The highest BCUT2D eigenvalue weighted by molar-refractivity contribution is 5.89. The quantitative estimate of drug-likeness (QED) is 0.275. The molecule has 3 heterocycles. The molecule has 10 nitrogen and oxygen atoms in total. The fraction of sp³-hybridized carbons (Fsp3) is 0.150. The van der Waals surface area contributed by atoms with E-state index in [9.17, 15) is 4.79 Å². The minimum absolute atomic E-state index is 0.104. The Bertz CT molecular complexity index is 1210. The van der Waals surface area contributed by atoms with Crippen LogP contribution in [0.5, 0.6) is 11.5 Å². The highest BCUT2D eigenvalue weighted by Gasteiger charge is 2.15. The summed E-state index contributed by atoms with van der Waals surface area (Å²) < 4.78 is 18.9. The predicted octanol–water partition coefficient (Wildman–Crippen LogP) is 2.78. The molecule has 0 saturated heterocycles. The Morgan fingerprint density at radius 1 is 1.20 bits per heavy atom. The van der Waals surface area contributed by atoms with Gasteiger partial charge in [0.2, 0.25) is 5.76 Å². The second kappa shape index (κ2) is 8.03. The van der Waals surface area contributed by atoms with E-state index in [4.69, 9.17) is 13.9 Å². The van der Waals surface area contributed by atoms with E-state index < -0.39 is 5.97 Å². The van der Waals surface area contributed by atoms with Crippen LogP contribution in [0, 0.1) is 13.8 Å². The number of hydrogen-bond donors (Lipinski definition) is 0. The normalized spacial score (nSPS) is 11.2. The first-order chi connectivity index (χ1) is 14.5. The summed E-state index contributed by atoms with van der Waals surface area (Å²) in [5.41, 5.74) is 2.51. The van der Waals surface area contributed by atoms with E-state index in [2.05, 4.69) is 20.4 Å². The van der Waals surface area contributed by atoms with Crippen LogP contribution in [0.3, 0.4) is 0 Å². The summed E-state index contributed by atoms with van der Waals surface area (Å²) in [6.45, 7) is 3.83. The van der Waals surface area contributed by atoms with Gasteiger partial charge >= 0.3 is 5.97 Å². The molecule has 0 radical (unpaired) electrons. The molecular formula is C20H18N6O4. The molecule has 4 aromatic rings. The molecular weight excluding hydrogens is 388 g/mol. The van der Waals surface area contributed by atoms with Gasteiger partial charge in [0.25, 0.3) is 5.95 Å². The summed E-state index contributed by atoms with van der Waals surface area (Å²) in [6, 6.07) is 10.1. The monoisotopic (exact) mass is 406 g/mol. The molecule has 0 aliphatic heterocycles. The molecule has 0 fully saturated rings. The lowest BCUT2D eigenvalue weighted by Crippen LogP contribution is -2.08. The SMILES string of the molecule is COc1cc(/C=N\n2cnnc2-n2nc(C)cc2C)ccc1OC(=O)c1ccco1. The summed E-state index contributed by atoms with van der Waals surface area (Å²) >= 11 is 0. The number of hydrogen-bond acceptors (Lipinski definition) is 8. The average molecular weight is 406 g/mol. The topological polar surface area (TPSA) is 110 Å². The highest BCUT2D eigenvalue weighted by atomic mass is 16.6. The Balaban J connectivity index is 1.56. The number of rotatable bonds is 6. The Morgan fingerprint density at radius 2 is 2.07 bits per heavy atom. The molecule has 152 valence electrons. The van der Waals surface area contributed by atoms with Crippen molar-refractivity contribution in [1.82, 2.24) is 24.7 Å². The smallest absolute Gasteiger partial charge is 0.379 e. The van der Waals surface area contributed by atoms with Gasteiger partial charge in [-0.1, -0.05) is 0 Å². The maximum Gasteiger partial charge on any atom is 0.379 e. The molecule has 0 N–H and O–H groups in total. The Hall–Kier alpha value is -4.21. The van der Waals surface area contributed by atoms with E-state index in [0.29, 0.717) is 11.7 Å². The van der Waals surface area contributed by atoms with Gasteiger partial charge in [0, 0.05) is 5.69 Å². The van der Waals surface area contributed by atoms with E-state index in [1.165, 1.54) is 30.4 Å². The third-order valence-corrected chi connectivity index (χ3v) is 4.16. The predicted molar refractivity (Wildman–Crippen MR) is 106 cm³/mol. The molecule has 0 bridgehead atoms. The minimum atomic E-state index is -0.612. The van der Waals surface area contributed by atoms with Crippen molar-refractivity contribution in [2.75, 3.05) is 7.11 Å². The van der Waals surface area contributed by atoms with Crippen molar-refractivity contribution in [3.05, 3.63) is 71.7 Å². The summed E-state index contributed by atoms with van der Waals surface area (Å²) in [4.78, 5) is 12.1. The van der Waals surface area contributed by atoms with Gasteiger partial charge in [0.15, 0.2) is 11.5 Å². The Morgan fingerprint density at radius 3 is 2.77 bits per heavy atom. The van der Waals surface area contributed by atoms with Crippen LogP contribution in [-0.2, 0) is 0 Å². The van der Waals surface area contributed by atoms with Crippen LogP contribution in [0.15, 0.2) is 58.5 Å². The molecule has 0 spiro atoms. The van der Waals surface area contributed by atoms with Crippen molar-refractivity contribution in [2.45, 2.75) is 13.8 Å². The number of aryl methyl sites for hydroxylation is 2. The summed E-state index contributed by atoms with van der Waals surface area (Å²) in [6.07, 6.45) is 4.50. The first-order valence-corrected chi connectivity index (χ1v) is 8.97. The number of nitrogens with zero attached hydrogens (tertiary/aromatic N) is 6. The zero-order chi connectivity index (χ0) is 21.1. The van der Waals surface area contributed by atoms with Crippen molar-refractivity contribution in [3.63, 3.8) is 0 Å². The number of benzene rings is 1. The standard InChI is InChI=1S/C20H18N6O4/c1-13-9-14(2)26(24-13)20-23-21-12-25(20)22-11-15-6-7-16(18(10-15)28-3)30-19(27)17-5-4-8-29-17/h4-12H,1-3H3/b22-11-. The van der Waals surface area contributed by atoms with E-state index in [1.807, 2.05) is 19.9 Å². The second-order valence-electron chi connectivity index (χ2n) is 6.34. The molecule has 0 amide bonds. The third kappa shape index (κ3) is 3.83. The number of ether oxygens (including phenoxy) is 2. The highest BCUT2D eigenvalue weighted by Crippen LogP contribution is 2.28. The van der Waals surface area contributed by atoms with Gasteiger partial charge in [0.1, 0.15) is 6.33 Å². The van der Waals surface area contributed by atoms with Crippen LogP contribution in [-0.4, -0.2) is 43.9 Å². The van der Waals surface area contributed by atoms with Gasteiger partial charge in [-0.3, -0.25) is 0 Å². The molecule has 0 saturated carbocycles. The lowest BCUT2D eigenvalue weighted by atomic mass is 10.2. The Labute approximate surface area is 171 Å². The molecule has 30 heavy (non-hydrogen) atoms. The van der Waals surface area contributed by atoms with Crippen LogP contribution in [0.25, 0.3) is 5.95 Å². The van der Waals surface area contributed by atoms with E-state index >= 15 is 0 Å². The molecule has 0 unspecified atom stereocenters. The first-order valence-electron chi connectivity index (χ1n) is 8.97. The van der Waals surface area contributed by atoms with Crippen molar-refractivity contribution in [1.29, 1.82) is 0 Å². The van der Waals surface area contributed by atoms with Crippen molar-refractivity contribution < 1.29 is 18.7 Å². The molecule has 1 aromatic carbocycles. The van der Waals surface area contributed by atoms with Crippen molar-refractivity contribution in [2.24, 2.45) is 5.10 Å². The number of carbonyl (C=O) groups excluding carboxylic acids is 1. The van der Waals surface area contributed by atoms with Crippen LogP contribution in [0.4, 0.5) is 0 Å². The first kappa shape index (κ1) is 19.1. The van der Waals surface area contributed by atoms with Gasteiger partial charge in [-0.2, -0.15) is 14.9 Å². The number of carbonyl (C=O) groups is 1. The van der Waals surface area contributed by atoms with Gasteiger partial charge in [-0.05, 0) is 55.8 Å². The fourth-order valence-corrected chi connectivity index (χ4v) is 2.80. The fourth-order valence-electron chi connectivity index (χ4n) is 2.80. The summed E-state index contributed by atoms with van der Waals surface area (Å²) in [5.74, 6) is 0.601. The van der Waals surface area contributed by atoms with Gasteiger partial charge in [-0.15, -0.1) is 10.2 Å². The molecule has 10 heteroatoms. The lowest BCUT2D eigenvalue weighted by molar-refractivity contribution is 0.0696. The van der Waals surface area contributed by atoms with Crippen molar-refractivity contribution >= 4 is 12.2 Å². The summed E-state index contributed by atoms with van der Waals surface area (Å²) in [5, 5.41) is 16.8. The average Bonchev–Trinajstić information content (AvgIpc) is 3.48. The van der Waals surface area contributed by atoms with Gasteiger partial charge in [-0.25, -0.2) is 9.48 Å². The zero-order valence-corrected chi connectivity index (χ0v) is 16.5. The van der Waals surface area contributed by atoms with E-state index in [1.54, 1.807) is 35.2 Å². The Kier molecular flexibility index (Phi) is 5.12. The van der Waals surface area contributed by atoms with Crippen LogP contribution >= 0.6 is 0 Å². The molecule has 3 aromatic heterocycles. The largest absolute Gasteiger partial charge is 0.493 e. The van der Waals surface area contributed by atoms with Crippen molar-refractivity contribution in [3.8, 4) is 17.4 Å².